The van der Waals surface area contributed by atoms with Crippen LogP contribution in [0, 0.1) is 0 Å². The van der Waals surface area contributed by atoms with Crippen molar-refractivity contribution in [3.8, 4) is 0 Å². The van der Waals surface area contributed by atoms with Crippen LogP contribution in [0.2, 0.25) is 0 Å². The van der Waals surface area contributed by atoms with Gasteiger partial charge in [-0.25, -0.2) is 0 Å². The van der Waals surface area contributed by atoms with Gasteiger partial charge in [0.2, 0.25) is 11.8 Å². The van der Waals surface area contributed by atoms with E-state index < -0.39 is 0 Å². The van der Waals surface area contributed by atoms with Gasteiger partial charge in [0.05, 0.1) is 13.2 Å². The molecule has 1 N–H and O–H groups in total. The Bertz CT molecular complexity index is 432. The first kappa shape index (κ1) is 19.1. The first-order chi connectivity index (χ1) is 11.5. The van der Waals surface area contributed by atoms with Gasteiger partial charge in [-0.3, -0.25) is 19.4 Å². The molecule has 2 fully saturated rings. The third-order valence-corrected chi connectivity index (χ3v) is 4.97. The smallest absolute Gasteiger partial charge is 0.236 e. The van der Waals surface area contributed by atoms with E-state index in [2.05, 4.69) is 22.0 Å². The summed E-state index contributed by atoms with van der Waals surface area (Å²) in [7, 11) is 1.73. The van der Waals surface area contributed by atoms with E-state index in [0.717, 1.165) is 52.2 Å². The second-order valence-corrected chi connectivity index (χ2v) is 6.99. The molecular formula is C17H32N4O3. The van der Waals surface area contributed by atoms with E-state index in [1.165, 1.54) is 6.92 Å². The van der Waals surface area contributed by atoms with E-state index in [0.29, 0.717) is 19.1 Å². The van der Waals surface area contributed by atoms with Crippen LogP contribution >= 0.6 is 0 Å². The van der Waals surface area contributed by atoms with Gasteiger partial charge in [-0.15, -0.1) is 0 Å². The zero-order valence-corrected chi connectivity index (χ0v) is 15.3. The molecule has 7 nitrogen and oxygen atoms in total. The third-order valence-electron chi connectivity index (χ3n) is 4.97. The quantitative estimate of drug-likeness (QED) is 0.723. The van der Waals surface area contributed by atoms with E-state index in [1.54, 1.807) is 7.11 Å². The zero-order valence-electron chi connectivity index (χ0n) is 15.3. The van der Waals surface area contributed by atoms with Crippen molar-refractivity contribution in [1.29, 1.82) is 0 Å². The molecule has 0 spiro atoms. The summed E-state index contributed by atoms with van der Waals surface area (Å²) in [6.45, 7) is 10.2. The Labute approximate surface area is 145 Å². The number of nitrogens with one attached hydrogen (secondary N) is 1. The highest BCUT2D eigenvalue weighted by molar-refractivity contribution is 5.78. The van der Waals surface area contributed by atoms with Crippen LogP contribution in [0.1, 0.15) is 26.7 Å². The topological polar surface area (TPSA) is 65.1 Å². The van der Waals surface area contributed by atoms with Gasteiger partial charge in [-0.1, -0.05) is 0 Å². The van der Waals surface area contributed by atoms with E-state index in [9.17, 15) is 9.59 Å². The number of ether oxygens (including phenoxy) is 1. The minimum Gasteiger partial charge on any atom is -0.383 e. The van der Waals surface area contributed by atoms with Crippen molar-refractivity contribution < 1.29 is 14.3 Å². The number of methoxy groups -OCH3 is 1. The fourth-order valence-electron chi connectivity index (χ4n) is 3.66. The highest BCUT2D eigenvalue weighted by atomic mass is 16.5. The van der Waals surface area contributed by atoms with E-state index >= 15 is 0 Å². The highest BCUT2D eigenvalue weighted by Gasteiger charge is 2.28. The maximum atomic E-state index is 12.6. The third kappa shape index (κ3) is 5.72. The molecule has 0 aromatic heterocycles. The number of hydrogen-bond acceptors (Lipinski definition) is 5. The van der Waals surface area contributed by atoms with Gasteiger partial charge in [-0.2, -0.15) is 0 Å². The number of piperazine rings is 1. The molecule has 2 aliphatic heterocycles. The maximum Gasteiger partial charge on any atom is 0.236 e. The summed E-state index contributed by atoms with van der Waals surface area (Å²) in [5, 5.41) is 2.94. The normalized spacial score (nSPS) is 26.4. The monoisotopic (exact) mass is 340 g/mol. The highest BCUT2D eigenvalue weighted by Crippen LogP contribution is 2.13. The van der Waals surface area contributed by atoms with Gasteiger partial charge >= 0.3 is 0 Å². The molecular weight excluding hydrogens is 308 g/mol. The van der Waals surface area contributed by atoms with Gasteiger partial charge in [0.15, 0.2) is 0 Å². The average Bonchev–Trinajstić information content (AvgIpc) is 2.54. The SMILES string of the molecule is COCCN1CCN(CC(=O)N2CCCC(NC(C)=O)C2)CC1C. The molecule has 0 saturated carbocycles. The van der Waals surface area contributed by atoms with E-state index in [1.807, 2.05) is 4.90 Å². The van der Waals surface area contributed by atoms with Crippen molar-refractivity contribution in [2.45, 2.75) is 38.8 Å². The van der Waals surface area contributed by atoms with E-state index in [4.69, 9.17) is 4.74 Å². The fraction of sp³-hybridized carbons (Fsp3) is 0.882. The van der Waals surface area contributed by atoms with E-state index in [-0.39, 0.29) is 17.9 Å². The standard InChI is InChI=1S/C17H32N4O3/c1-14-11-19(7-8-20(14)9-10-24-3)13-17(23)21-6-4-5-16(12-21)18-15(2)22/h14,16H,4-13H2,1-3H3,(H,18,22). The molecule has 2 aliphatic rings. The average molecular weight is 340 g/mol. The van der Waals surface area contributed by atoms with Crippen molar-refractivity contribution in [1.82, 2.24) is 20.0 Å². The molecule has 7 heteroatoms. The minimum atomic E-state index is -0.0182. The molecule has 2 rings (SSSR count). The van der Waals surface area contributed by atoms with Crippen molar-refractivity contribution in [2.75, 3.05) is 59.5 Å². The Kier molecular flexibility index (Phi) is 7.45. The van der Waals surface area contributed by atoms with Gasteiger partial charge < -0.3 is 15.0 Å². The summed E-state index contributed by atoms with van der Waals surface area (Å²) < 4.78 is 5.16. The lowest BCUT2D eigenvalue weighted by Crippen LogP contribution is -2.56. The van der Waals surface area contributed by atoms with Crippen LogP contribution in [0.15, 0.2) is 0 Å². The van der Waals surface area contributed by atoms with Crippen LogP contribution in [0.5, 0.6) is 0 Å². The van der Waals surface area contributed by atoms with Gasteiger partial charge in [0.1, 0.15) is 0 Å². The fourth-order valence-corrected chi connectivity index (χ4v) is 3.66. The van der Waals surface area contributed by atoms with Crippen molar-refractivity contribution in [3.05, 3.63) is 0 Å². The molecule has 2 atom stereocenters. The number of nitrogens with zero attached hydrogens (tertiary/aromatic N) is 3. The maximum absolute atomic E-state index is 12.6. The Morgan fingerprint density at radius 1 is 1.21 bits per heavy atom. The lowest BCUT2D eigenvalue weighted by molar-refractivity contribution is -0.135. The van der Waals surface area contributed by atoms with Gasteiger partial charge in [0.25, 0.3) is 0 Å². The second kappa shape index (κ2) is 9.34. The Morgan fingerprint density at radius 2 is 2.00 bits per heavy atom. The summed E-state index contributed by atoms with van der Waals surface area (Å²) in [6, 6.07) is 0.542. The lowest BCUT2D eigenvalue weighted by Gasteiger charge is -2.40. The molecule has 0 bridgehead atoms. The number of carbonyl (C=O) groups is 2. The Hall–Kier alpha value is -1.18. The first-order valence-corrected chi connectivity index (χ1v) is 8.99. The number of rotatable bonds is 6. The van der Waals surface area contributed by atoms with Crippen LogP contribution < -0.4 is 5.32 Å². The molecule has 0 aliphatic carbocycles. The number of amides is 2. The van der Waals surface area contributed by atoms with Crippen molar-refractivity contribution >= 4 is 11.8 Å². The molecule has 2 heterocycles. The van der Waals surface area contributed by atoms with Crippen LogP contribution in [-0.4, -0.2) is 98.1 Å². The Balaban J connectivity index is 1.77. The number of likely N-dealkylation sites (tertiary alicyclic amines) is 1. The zero-order chi connectivity index (χ0) is 17.5. The number of carbonyl (C=O) groups excluding carboxylic acids is 2. The summed E-state index contributed by atoms with van der Waals surface area (Å²) in [6.07, 6.45) is 1.91. The second-order valence-electron chi connectivity index (χ2n) is 6.99. The molecule has 2 unspecified atom stereocenters. The first-order valence-electron chi connectivity index (χ1n) is 8.99. The predicted molar refractivity (Wildman–Crippen MR) is 92.8 cm³/mol. The summed E-state index contributed by atoms with van der Waals surface area (Å²) >= 11 is 0. The molecule has 2 amide bonds. The molecule has 2 saturated heterocycles. The molecule has 0 aromatic carbocycles. The molecule has 0 radical (unpaired) electrons. The molecule has 138 valence electrons. The number of piperidine rings is 1. The van der Waals surface area contributed by atoms with Crippen molar-refractivity contribution in [3.63, 3.8) is 0 Å². The number of hydrogen-bond donors (Lipinski definition) is 1. The van der Waals surface area contributed by atoms with Gasteiger partial charge in [-0.05, 0) is 19.8 Å². The Morgan fingerprint density at radius 3 is 2.67 bits per heavy atom. The van der Waals surface area contributed by atoms with Crippen LogP contribution in [0.3, 0.4) is 0 Å². The summed E-state index contributed by atoms with van der Waals surface area (Å²) in [5.74, 6) is 0.165. The van der Waals surface area contributed by atoms with Crippen LogP contribution in [-0.2, 0) is 14.3 Å². The van der Waals surface area contributed by atoms with Gasteiger partial charge in [0, 0.05) is 65.4 Å². The van der Waals surface area contributed by atoms with Crippen LogP contribution in [0.25, 0.3) is 0 Å². The largest absolute Gasteiger partial charge is 0.383 e. The summed E-state index contributed by atoms with van der Waals surface area (Å²) in [5.41, 5.74) is 0. The molecule has 0 aromatic rings. The van der Waals surface area contributed by atoms with Crippen molar-refractivity contribution in [2.24, 2.45) is 0 Å². The van der Waals surface area contributed by atoms with Crippen LogP contribution in [0.4, 0.5) is 0 Å². The summed E-state index contributed by atoms with van der Waals surface area (Å²) in [4.78, 5) is 30.4. The minimum absolute atomic E-state index is 0.0182. The predicted octanol–water partition coefficient (Wildman–Crippen LogP) is -0.234. The lowest BCUT2D eigenvalue weighted by atomic mass is 10.1. The molecule has 24 heavy (non-hydrogen) atoms.